The second-order valence-electron chi connectivity index (χ2n) is 6.61. The van der Waals surface area contributed by atoms with E-state index in [9.17, 15) is 18.0 Å². The van der Waals surface area contributed by atoms with Crippen LogP contribution in [0.2, 0.25) is 0 Å². The van der Waals surface area contributed by atoms with Gasteiger partial charge in [-0.1, -0.05) is 0 Å². The van der Waals surface area contributed by atoms with Gasteiger partial charge in [0.25, 0.3) is 5.91 Å². The Kier molecular flexibility index (Phi) is 4.58. The van der Waals surface area contributed by atoms with Crippen LogP contribution in [0.15, 0.2) is 35.1 Å². The van der Waals surface area contributed by atoms with Gasteiger partial charge in [0.1, 0.15) is 11.3 Å². The van der Waals surface area contributed by atoms with Crippen molar-refractivity contribution in [3.8, 4) is 11.5 Å². The highest BCUT2D eigenvalue weighted by Crippen LogP contribution is 2.32. The molecule has 148 valence electrons. The minimum atomic E-state index is -4.69. The molecule has 1 fully saturated rings. The molecule has 7 nitrogen and oxygen atoms in total. The van der Waals surface area contributed by atoms with Gasteiger partial charge in [-0.3, -0.25) is 4.79 Å². The van der Waals surface area contributed by atoms with Crippen LogP contribution in [0, 0.1) is 0 Å². The number of furan rings is 1. The molecule has 4 heterocycles. The van der Waals surface area contributed by atoms with Crippen molar-refractivity contribution < 1.29 is 27.1 Å². The van der Waals surface area contributed by atoms with Gasteiger partial charge in [-0.15, -0.1) is 0 Å². The molecule has 0 radical (unpaired) electrons. The standard InChI is InChI=1S/C18H17F3N4O3/c1-10(13-4-2-6-27-13)23-17(26)11-9-22-25-15(18(19,20)21)8-12(24-16(11)25)14-5-3-7-28-14/h3,5,7-10,13H,2,4,6H2,1H3,(H,23,26). The number of alkyl halides is 3. The number of carbonyl (C=O) groups is 1. The number of ether oxygens (including phenoxy) is 1. The lowest BCUT2D eigenvalue weighted by Gasteiger charge is -2.19. The molecule has 10 heteroatoms. The van der Waals surface area contributed by atoms with Gasteiger partial charge in [0.2, 0.25) is 0 Å². The summed E-state index contributed by atoms with van der Waals surface area (Å²) in [5, 5.41) is 6.51. The van der Waals surface area contributed by atoms with Crippen LogP contribution >= 0.6 is 0 Å². The number of hydrogen-bond donors (Lipinski definition) is 1. The molecule has 1 aliphatic heterocycles. The number of nitrogens with one attached hydrogen (secondary N) is 1. The molecule has 0 aromatic carbocycles. The van der Waals surface area contributed by atoms with Crippen LogP contribution in [-0.4, -0.2) is 39.3 Å². The number of nitrogens with zero attached hydrogens (tertiary/aromatic N) is 3. The summed E-state index contributed by atoms with van der Waals surface area (Å²) in [5.74, 6) is -0.400. The molecule has 3 aromatic heterocycles. The molecule has 0 spiro atoms. The number of carbonyl (C=O) groups excluding carboxylic acids is 1. The third kappa shape index (κ3) is 3.35. The predicted octanol–water partition coefficient (Wildman–Crippen LogP) is 3.31. The maximum absolute atomic E-state index is 13.5. The summed E-state index contributed by atoms with van der Waals surface area (Å²) in [6.45, 7) is 2.42. The Bertz CT molecular complexity index is 992. The third-order valence-electron chi connectivity index (χ3n) is 4.66. The molecule has 0 aliphatic carbocycles. The molecular formula is C18H17F3N4O3. The molecule has 0 saturated carbocycles. The first-order chi connectivity index (χ1) is 13.3. The van der Waals surface area contributed by atoms with Crippen LogP contribution < -0.4 is 5.32 Å². The van der Waals surface area contributed by atoms with Crippen molar-refractivity contribution >= 4 is 11.6 Å². The van der Waals surface area contributed by atoms with Gasteiger partial charge in [-0.2, -0.15) is 18.3 Å². The molecule has 1 N–H and O–H groups in total. The van der Waals surface area contributed by atoms with Crippen molar-refractivity contribution in [3.05, 3.63) is 41.9 Å². The fourth-order valence-electron chi connectivity index (χ4n) is 3.25. The number of rotatable bonds is 4. The van der Waals surface area contributed by atoms with E-state index in [1.54, 1.807) is 13.0 Å². The van der Waals surface area contributed by atoms with Gasteiger partial charge in [-0.05, 0) is 38.0 Å². The summed E-state index contributed by atoms with van der Waals surface area (Å²) in [4.78, 5) is 16.9. The van der Waals surface area contributed by atoms with Crippen molar-refractivity contribution in [3.63, 3.8) is 0 Å². The number of fused-ring (bicyclic) bond motifs is 1. The van der Waals surface area contributed by atoms with Crippen molar-refractivity contribution in [2.24, 2.45) is 0 Å². The van der Waals surface area contributed by atoms with E-state index >= 15 is 0 Å². The molecule has 2 unspecified atom stereocenters. The summed E-state index contributed by atoms with van der Waals surface area (Å²) in [5.41, 5.74) is -1.33. The highest BCUT2D eigenvalue weighted by Gasteiger charge is 2.36. The Hall–Kier alpha value is -2.88. The van der Waals surface area contributed by atoms with Gasteiger partial charge in [0.05, 0.1) is 24.6 Å². The number of halogens is 3. The summed E-state index contributed by atoms with van der Waals surface area (Å²) in [6.07, 6.45) is -0.668. The largest absolute Gasteiger partial charge is 0.463 e. The molecule has 2 atom stereocenters. The topological polar surface area (TPSA) is 81.7 Å². The summed E-state index contributed by atoms with van der Waals surface area (Å²) in [7, 11) is 0. The highest BCUT2D eigenvalue weighted by atomic mass is 19.4. The molecule has 28 heavy (non-hydrogen) atoms. The quantitative estimate of drug-likeness (QED) is 0.734. The Morgan fingerprint density at radius 2 is 2.25 bits per heavy atom. The smallest absolute Gasteiger partial charge is 0.433 e. The average molecular weight is 394 g/mol. The summed E-state index contributed by atoms with van der Waals surface area (Å²) in [6, 6.07) is 3.59. The minimum absolute atomic E-state index is 0.0356. The maximum Gasteiger partial charge on any atom is 0.433 e. The van der Waals surface area contributed by atoms with Gasteiger partial charge >= 0.3 is 6.18 Å². The molecule has 1 aliphatic rings. The Morgan fingerprint density at radius 1 is 1.43 bits per heavy atom. The van der Waals surface area contributed by atoms with Gasteiger partial charge in [-0.25, -0.2) is 9.50 Å². The Balaban J connectivity index is 1.75. The van der Waals surface area contributed by atoms with Crippen molar-refractivity contribution in [1.29, 1.82) is 0 Å². The van der Waals surface area contributed by atoms with E-state index in [0.717, 1.165) is 25.1 Å². The maximum atomic E-state index is 13.5. The summed E-state index contributed by atoms with van der Waals surface area (Å²) >= 11 is 0. The first kappa shape index (κ1) is 18.5. The van der Waals surface area contributed by atoms with Crippen LogP contribution in [-0.2, 0) is 10.9 Å². The van der Waals surface area contributed by atoms with E-state index in [0.29, 0.717) is 11.1 Å². The van der Waals surface area contributed by atoms with Crippen molar-refractivity contribution in [2.45, 2.75) is 38.1 Å². The van der Waals surface area contributed by atoms with Crippen molar-refractivity contribution in [2.75, 3.05) is 6.61 Å². The lowest BCUT2D eigenvalue weighted by Crippen LogP contribution is -2.40. The first-order valence-corrected chi connectivity index (χ1v) is 8.77. The fraction of sp³-hybridized carbons (Fsp3) is 0.389. The van der Waals surface area contributed by atoms with Gasteiger partial charge in [0.15, 0.2) is 17.1 Å². The first-order valence-electron chi connectivity index (χ1n) is 8.77. The second kappa shape index (κ2) is 6.93. The molecular weight excluding hydrogens is 377 g/mol. The zero-order valence-corrected chi connectivity index (χ0v) is 14.9. The van der Waals surface area contributed by atoms with Crippen LogP contribution in [0.1, 0.15) is 35.8 Å². The van der Waals surface area contributed by atoms with Gasteiger partial charge < -0.3 is 14.5 Å². The number of amides is 1. The molecule has 1 saturated heterocycles. The molecule has 0 bridgehead atoms. The monoisotopic (exact) mass is 394 g/mol. The molecule has 4 rings (SSSR count). The number of hydrogen-bond acceptors (Lipinski definition) is 5. The van der Waals surface area contributed by atoms with E-state index in [1.807, 2.05) is 0 Å². The van der Waals surface area contributed by atoms with Crippen LogP contribution in [0.4, 0.5) is 13.2 Å². The Labute approximate surface area is 157 Å². The van der Waals surface area contributed by atoms with E-state index in [-0.39, 0.29) is 34.8 Å². The average Bonchev–Trinajstić information content (AvgIpc) is 3.40. The predicted molar refractivity (Wildman–Crippen MR) is 91.6 cm³/mol. The van der Waals surface area contributed by atoms with Crippen LogP contribution in [0.5, 0.6) is 0 Å². The number of aromatic nitrogens is 3. The minimum Gasteiger partial charge on any atom is -0.463 e. The normalized spacial score (nSPS) is 18.5. The SMILES string of the molecule is CC(NC(=O)c1cnn2c(C(F)(F)F)cc(-c3ccco3)nc12)C1CCCO1. The van der Waals surface area contributed by atoms with E-state index in [1.165, 1.54) is 12.3 Å². The Morgan fingerprint density at radius 3 is 2.89 bits per heavy atom. The zero-order valence-electron chi connectivity index (χ0n) is 14.9. The van der Waals surface area contributed by atoms with E-state index in [2.05, 4.69) is 15.4 Å². The van der Waals surface area contributed by atoms with Gasteiger partial charge in [0, 0.05) is 6.61 Å². The second-order valence-corrected chi connectivity index (χ2v) is 6.61. The fourth-order valence-corrected chi connectivity index (χ4v) is 3.25. The van der Waals surface area contributed by atoms with Crippen LogP contribution in [0.25, 0.3) is 17.1 Å². The van der Waals surface area contributed by atoms with Crippen molar-refractivity contribution in [1.82, 2.24) is 19.9 Å². The summed E-state index contributed by atoms with van der Waals surface area (Å²) < 4.78 is 51.9. The highest BCUT2D eigenvalue weighted by molar-refractivity contribution is 6.00. The molecule has 1 amide bonds. The lowest BCUT2D eigenvalue weighted by atomic mass is 10.1. The van der Waals surface area contributed by atoms with Crippen LogP contribution in [0.3, 0.4) is 0 Å². The lowest BCUT2D eigenvalue weighted by molar-refractivity contribution is -0.142. The zero-order chi connectivity index (χ0) is 19.9. The van der Waals surface area contributed by atoms with E-state index in [4.69, 9.17) is 9.15 Å². The third-order valence-corrected chi connectivity index (χ3v) is 4.66. The van der Waals surface area contributed by atoms with E-state index < -0.39 is 17.8 Å². The molecule has 3 aromatic rings.